The maximum Gasteiger partial charge on any atom is 0.315 e. The summed E-state index contributed by atoms with van der Waals surface area (Å²) in [4.78, 5) is 28.1. The molecule has 0 aliphatic rings. The minimum atomic E-state index is -0.837. The molecule has 0 aliphatic carbocycles. The van der Waals surface area contributed by atoms with Crippen molar-refractivity contribution in [3.8, 4) is 11.5 Å². The summed E-state index contributed by atoms with van der Waals surface area (Å²) in [5.74, 6) is 0.331. The van der Waals surface area contributed by atoms with Gasteiger partial charge in [0, 0.05) is 17.3 Å². The van der Waals surface area contributed by atoms with Gasteiger partial charge in [0.1, 0.15) is 11.5 Å². The van der Waals surface area contributed by atoms with Crippen molar-refractivity contribution in [2.24, 2.45) is 0 Å². The van der Waals surface area contributed by atoms with Crippen molar-refractivity contribution < 1.29 is 18.5 Å². The summed E-state index contributed by atoms with van der Waals surface area (Å²) in [6.07, 6.45) is 0. The van der Waals surface area contributed by atoms with Gasteiger partial charge in [0.05, 0.1) is 5.69 Å². The van der Waals surface area contributed by atoms with E-state index in [0.717, 1.165) is 17.0 Å². The van der Waals surface area contributed by atoms with Crippen LogP contribution in [0, 0.1) is 20.8 Å². The van der Waals surface area contributed by atoms with Crippen LogP contribution >= 0.6 is 0 Å². The Bertz CT molecular complexity index is 905. The van der Waals surface area contributed by atoms with E-state index >= 15 is 0 Å². The number of aromatic nitrogens is 2. The van der Waals surface area contributed by atoms with Gasteiger partial charge in [0.15, 0.2) is 5.82 Å². The second-order valence-electron chi connectivity index (χ2n) is 5.47. The van der Waals surface area contributed by atoms with Crippen LogP contribution in [0.4, 0.5) is 11.5 Å². The quantitative estimate of drug-likeness (QED) is 0.709. The molecule has 2 heterocycles. The molecule has 0 saturated carbocycles. The second kappa shape index (κ2) is 6.60. The number of oxazole rings is 1. The van der Waals surface area contributed by atoms with Crippen LogP contribution in [-0.2, 0) is 9.59 Å². The van der Waals surface area contributed by atoms with Crippen molar-refractivity contribution in [2.75, 3.05) is 10.6 Å². The highest BCUT2D eigenvalue weighted by atomic mass is 16.5. The molecule has 1 aromatic carbocycles. The second-order valence-corrected chi connectivity index (χ2v) is 5.47. The van der Waals surface area contributed by atoms with Gasteiger partial charge in [-0.2, -0.15) is 0 Å². The molecular formula is C17H16N4O4. The average molecular weight is 340 g/mol. The number of carbonyl (C=O) groups is 2. The van der Waals surface area contributed by atoms with Gasteiger partial charge >= 0.3 is 11.8 Å². The minimum Gasteiger partial charge on any atom is -0.441 e. The number of nitrogens with zero attached hydrogens (tertiary/aromatic N) is 2. The number of amides is 2. The number of benzene rings is 1. The summed E-state index contributed by atoms with van der Waals surface area (Å²) in [5, 5.41) is 8.45. The first kappa shape index (κ1) is 16.4. The number of nitrogens with one attached hydrogen (secondary N) is 2. The zero-order valence-electron chi connectivity index (χ0n) is 13.9. The van der Waals surface area contributed by atoms with Gasteiger partial charge in [-0.25, -0.2) is 4.98 Å². The topological polar surface area (TPSA) is 110 Å². The van der Waals surface area contributed by atoms with Crippen molar-refractivity contribution in [3.05, 3.63) is 47.5 Å². The highest BCUT2D eigenvalue weighted by molar-refractivity contribution is 6.43. The van der Waals surface area contributed by atoms with Crippen molar-refractivity contribution in [2.45, 2.75) is 20.8 Å². The monoisotopic (exact) mass is 340 g/mol. The van der Waals surface area contributed by atoms with Crippen molar-refractivity contribution in [1.82, 2.24) is 10.1 Å². The van der Waals surface area contributed by atoms with E-state index in [0.29, 0.717) is 17.3 Å². The normalized spacial score (nSPS) is 10.5. The largest absolute Gasteiger partial charge is 0.441 e. The van der Waals surface area contributed by atoms with E-state index in [2.05, 4.69) is 20.8 Å². The molecule has 3 rings (SSSR count). The van der Waals surface area contributed by atoms with Crippen LogP contribution in [0.5, 0.6) is 0 Å². The Morgan fingerprint density at radius 1 is 1.00 bits per heavy atom. The van der Waals surface area contributed by atoms with Gasteiger partial charge in [0.25, 0.3) is 0 Å². The molecule has 0 spiro atoms. The van der Waals surface area contributed by atoms with Crippen LogP contribution in [0.15, 0.2) is 39.3 Å². The van der Waals surface area contributed by atoms with Crippen molar-refractivity contribution in [3.63, 3.8) is 0 Å². The predicted octanol–water partition coefficient (Wildman–Crippen LogP) is 2.83. The third-order valence-electron chi connectivity index (χ3n) is 3.49. The van der Waals surface area contributed by atoms with Crippen LogP contribution in [0.3, 0.4) is 0 Å². The van der Waals surface area contributed by atoms with E-state index in [1.165, 1.54) is 6.07 Å². The Balaban J connectivity index is 1.64. The molecule has 128 valence electrons. The van der Waals surface area contributed by atoms with E-state index in [-0.39, 0.29) is 5.82 Å². The molecule has 0 saturated heterocycles. The maximum absolute atomic E-state index is 11.9. The number of hydrogen-bond acceptors (Lipinski definition) is 6. The molecule has 0 fully saturated rings. The van der Waals surface area contributed by atoms with E-state index in [9.17, 15) is 9.59 Å². The maximum atomic E-state index is 11.9. The number of aryl methyl sites for hydroxylation is 3. The summed E-state index contributed by atoms with van der Waals surface area (Å²) < 4.78 is 10.4. The first-order valence-electron chi connectivity index (χ1n) is 7.52. The summed E-state index contributed by atoms with van der Waals surface area (Å²) in [7, 11) is 0. The van der Waals surface area contributed by atoms with E-state index in [4.69, 9.17) is 8.94 Å². The summed E-state index contributed by atoms with van der Waals surface area (Å²) in [5.41, 5.74) is 2.07. The lowest BCUT2D eigenvalue weighted by Crippen LogP contribution is -2.29. The van der Waals surface area contributed by atoms with Gasteiger partial charge in [-0.1, -0.05) is 5.16 Å². The first-order valence-corrected chi connectivity index (χ1v) is 7.52. The fraction of sp³-hybridized carbons (Fsp3) is 0.176. The third kappa shape index (κ3) is 3.74. The van der Waals surface area contributed by atoms with E-state index in [1.54, 1.807) is 31.2 Å². The molecule has 0 atom stereocenters. The average Bonchev–Trinajstić information content (AvgIpc) is 3.14. The Morgan fingerprint density at radius 2 is 1.68 bits per heavy atom. The first-order chi connectivity index (χ1) is 11.9. The van der Waals surface area contributed by atoms with Crippen LogP contribution < -0.4 is 10.6 Å². The highest BCUT2D eigenvalue weighted by Gasteiger charge is 2.16. The Morgan fingerprint density at radius 3 is 2.24 bits per heavy atom. The molecule has 0 bridgehead atoms. The molecule has 8 nitrogen and oxygen atoms in total. The third-order valence-corrected chi connectivity index (χ3v) is 3.49. The van der Waals surface area contributed by atoms with Crippen LogP contribution in [0.1, 0.15) is 17.2 Å². The standard InChI is InChI=1S/C17H16N4O4/c1-9-8-14(21-25-9)20-16(23)15(22)19-13-6-4-12(5-7-13)17-18-10(2)11(3)24-17/h4-8H,1-3H3,(H,19,22)(H,20,21,23). The van der Waals surface area contributed by atoms with Crippen molar-refractivity contribution >= 4 is 23.3 Å². The number of anilines is 2. The lowest BCUT2D eigenvalue weighted by atomic mass is 10.2. The molecule has 2 N–H and O–H groups in total. The lowest BCUT2D eigenvalue weighted by molar-refractivity contribution is -0.133. The zero-order valence-corrected chi connectivity index (χ0v) is 13.9. The molecular weight excluding hydrogens is 324 g/mol. The van der Waals surface area contributed by atoms with E-state index in [1.807, 2.05) is 13.8 Å². The van der Waals surface area contributed by atoms with Gasteiger partial charge in [-0.3, -0.25) is 14.9 Å². The van der Waals surface area contributed by atoms with Gasteiger partial charge < -0.3 is 14.3 Å². The fourth-order valence-corrected chi connectivity index (χ4v) is 2.08. The summed E-state index contributed by atoms with van der Waals surface area (Å²) in [6.45, 7) is 5.39. The van der Waals surface area contributed by atoms with Crippen LogP contribution in [0.2, 0.25) is 0 Å². The Labute approximate surface area is 143 Å². The highest BCUT2D eigenvalue weighted by Crippen LogP contribution is 2.23. The molecule has 3 aromatic rings. The number of hydrogen-bond donors (Lipinski definition) is 2. The number of carbonyl (C=O) groups excluding carboxylic acids is 2. The smallest absolute Gasteiger partial charge is 0.315 e. The van der Waals surface area contributed by atoms with Gasteiger partial charge in [-0.15, -0.1) is 0 Å². The molecule has 25 heavy (non-hydrogen) atoms. The van der Waals surface area contributed by atoms with Crippen LogP contribution in [0.25, 0.3) is 11.5 Å². The van der Waals surface area contributed by atoms with Crippen LogP contribution in [-0.4, -0.2) is 22.0 Å². The Hall–Kier alpha value is -3.42. The summed E-state index contributed by atoms with van der Waals surface area (Å²) in [6, 6.07) is 8.34. The van der Waals surface area contributed by atoms with Crippen molar-refractivity contribution in [1.29, 1.82) is 0 Å². The molecule has 2 amide bonds. The minimum absolute atomic E-state index is 0.183. The lowest BCUT2D eigenvalue weighted by Gasteiger charge is -2.05. The zero-order chi connectivity index (χ0) is 18.0. The molecule has 0 aliphatic heterocycles. The number of rotatable bonds is 3. The molecule has 0 radical (unpaired) electrons. The fourth-order valence-electron chi connectivity index (χ4n) is 2.08. The molecule has 2 aromatic heterocycles. The molecule has 0 unspecified atom stereocenters. The Kier molecular flexibility index (Phi) is 4.34. The molecule has 8 heteroatoms. The van der Waals surface area contributed by atoms with E-state index < -0.39 is 11.8 Å². The summed E-state index contributed by atoms with van der Waals surface area (Å²) >= 11 is 0. The SMILES string of the molecule is Cc1cc(NC(=O)C(=O)Nc2ccc(-c3nc(C)c(C)o3)cc2)no1. The van der Waals surface area contributed by atoms with Gasteiger partial charge in [0.2, 0.25) is 5.89 Å². The van der Waals surface area contributed by atoms with Gasteiger partial charge in [-0.05, 0) is 45.0 Å². The predicted molar refractivity (Wildman–Crippen MR) is 89.9 cm³/mol.